The molecule has 1 aliphatic heterocycles. The fraction of sp³-hybridized carbons (Fsp3) is 0.571. The van der Waals surface area contributed by atoms with Crippen molar-refractivity contribution < 1.29 is 4.92 Å². The molecule has 1 N–H and O–H groups in total. The van der Waals surface area contributed by atoms with E-state index in [9.17, 15) is 10.1 Å². The molecular formula is C14H20ClN3O2. The maximum absolute atomic E-state index is 11.2. The molecule has 1 aromatic carbocycles. The van der Waals surface area contributed by atoms with Gasteiger partial charge in [0.05, 0.1) is 4.92 Å². The average molecular weight is 298 g/mol. The molecule has 20 heavy (non-hydrogen) atoms. The molecular weight excluding hydrogens is 278 g/mol. The molecule has 5 nitrogen and oxygen atoms in total. The molecule has 1 fully saturated rings. The third-order valence-electron chi connectivity index (χ3n) is 3.80. The zero-order valence-corrected chi connectivity index (χ0v) is 12.4. The number of hydrogen-bond acceptors (Lipinski definition) is 4. The molecule has 1 heterocycles. The van der Waals surface area contributed by atoms with Crippen LogP contribution in [0, 0.1) is 10.1 Å². The van der Waals surface area contributed by atoms with Gasteiger partial charge in [0.15, 0.2) is 0 Å². The minimum Gasteiger partial charge on any atom is -0.363 e. The third-order valence-corrected chi connectivity index (χ3v) is 4.03. The first-order valence-corrected chi connectivity index (χ1v) is 7.36. The second-order valence-electron chi connectivity index (χ2n) is 5.13. The Hall–Kier alpha value is -1.33. The Balaban J connectivity index is 2.31. The van der Waals surface area contributed by atoms with Crippen LogP contribution in [0.2, 0.25) is 5.02 Å². The van der Waals surface area contributed by atoms with Crippen molar-refractivity contribution in [3.05, 3.63) is 33.3 Å². The smallest absolute Gasteiger partial charge is 0.292 e. The Morgan fingerprint density at radius 1 is 1.50 bits per heavy atom. The van der Waals surface area contributed by atoms with E-state index in [2.05, 4.69) is 10.2 Å². The molecule has 0 radical (unpaired) electrons. The van der Waals surface area contributed by atoms with Gasteiger partial charge < -0.3 is 10.2 Å². The first-order valence-electron chi connectivity index (χ1n) is 6.98. The van der Waals surface area contributed by atoms with Gasteiger partial charge in [-0.3, -0.25) is 10.1 Å². The number of anilines is 1. The van der Waals surface area contributed by atoms with Crippen LogP contribution in [-0.4, -0.2) is 31.1 Å². The monoisotopic (exact) mass is 297 g/mol. The number of nitro benzene ring substituents is 1. The van der Waals surface area contributed by atoms with Crippen LogP contribution in [0.5, 0.6) is 0 Å². The summed E-state index contributed by atoms with van der Waals surface area (Å²) in [7, 11) is 1.93. The van der Waals surface area contributed by atoms with E-state index >= 15 is 0 Å². The minimum absolute atomic E-state index is 0.144. The highest BCUT2D eigenvalue weighted by Gasteiger charge is 2.27. The number of nitrogens with one attached hydrogen (secondary N) is 1. The van der Waals surface area contributed by atoms with E-state index in [1.54, 1.807) is 12.1 Å². The molecule has 110 valence electrons. The Kier molecular flexibility index (Phi) is 5.20. The molecule has 1 aromatic rings. The molecule has 1 atom stereocenters. The van der Waals surface area contributed by atoms with Crippen molar-refractivity contribution in [2.75, 3.05) is 25.0 Å². The SMILES string of the molecule is CNCCC1CCCCN1c1cc(Cl)ccc1[N+](=O)[O-]. The van der Waals surface area contributed by atoms with Crippen molar-refractivity contribution in [2.45, 2.75) is 31.7 Å². The largest absolute Gasteiger partial charge is 0.363 e. The normalized spacial score (nSPS) is 19.1. The average Bonchev–Trinajstić information content (AvgIpc) is 2.45. The topological polar surface area (TPSA) is 58.4 Å². The molecule has 1 aliphatic rings. The molecule has 0 aliphatic carbocycles. The van der Waals surface area contributed by atoms with Crippen molar-refractivity contribution in [2.24, 2.45) is 0 Å². The van der Waals surface area contributed by atoms with Crippen molar-refractivity contribution in [1.82, 2.24) is 5.32 Å². The van der Waals surface area contributed by atoms with Crippen LogP contribution in [-0.2, 0) is 0 Å². The van der Waals surface area contributed by atoms with Gasteiger partial charge >= 0.3 is 0 Å². The standard InChI is InChI=1S/C14H20ClN3O2/c1-16-8-7-12-4-2-3-9-17(12)14-10-11(15)5-6-13(14)18(19)20/h5-6,10,12,16H,2-4,7-9H2,1H3. The van der Waals surface area contributed by atoms with Gasteiger partial charge in [-0.15, -0.1) is 0 Å². The van der Waals surface area contributed by atoms with Crippen molar-refractivity contribution in [3.63, 3.8) is 0 Å². The Bertz CT molecular complexity index is 481. The first kappa shape index (κ1) is 15.1. The summed E-state index contributed by atoms with van der Waals surface area (Å²) >= 11 is 6.03. The summed E-state index contributed by atoms with van der Waals surface area (Å²) in [5.74, 6) is 0. The molecule has 0 saturated carbocycles. The zero-order valence-electron chi connectivity index (χ0n) is 11.6. The second kappa shape index (κ2) is 6.90. The molecule has 1 saturated heterocycles. The van der Waals surface area contributed by atoms with Crippen LogP contribution in [0.15, 0.2) is 18.2 Å². The number of piperidine rings is 1. The predicted octanol–water partition coefficient (Wildman–Crippen LogP) is 3.22. The maximum Gasteiger partial charge on any atom is 0.292 e. The summed E-state index contributed by atoms with van der Waals surface area (Å²) in [6.07, 6.45) is 4.31. The summed E-state index contributed by atoms with van der Waals surface area (Å²) < 4.78 is 0. The van der Waals surface area contributed by atoms with Crippen LogP contribution in [0.4, 0.5) is 11.4 Å². The van der Waals surface area contributed by atoms with Crippen LogP contribution in [0.25, 0.3) is 0 Å². The number of rotatable bonds is 5. The van der Waals surface area contributed by atoms with E-state index < -0.39 is 0 Å². The number of nitrogens with zero attached hydrogens (tertiary/aromatic N) is 2. The van der Waals surface area contributed by atoms with Gasteiger partial charge in [0.1, 0.15) is 5.69 Å². The minimum atomic E-state index is -0.324. The summed E-state index contributed by atoms with van der Waals surface area (Å²) in [5, 5.41) is 14.9. The van der Waals surface area contributed by atoms with E-state index in [0.29, 0.717) is 16.8 Å². The number of nitro groups is 1. The molecule has 6 heteroatoms. The quantitative estimate of drug-likeness (QED) is 0.670. The second-order valence-corrected chi connectivity index (χ2v) is 5.56. The first-order chi connectivity index (χ1) is 9.63. The van der Waals surface area contributed by atoms with Gasteiger partial charge in [0.2, 0.25) is 0 Å². The molecule has 0 amide bonds. The number of halogens is 1. The molecule has 2 rings (SSSR count). The third kappa shape index (κ3) is 3.41. The van der Waals surface area contributed by atoms with Gasteiger partial charge in [-0.05, 0) is 51.4 Å². The van der Waals surface area contributed by atoms with Gasteiger partial charge in [0, 0.05) is 23.7 Å². The fourth-order valence-electron chi connectivity index (χ4n) is 2.81. The van der Waals surface area contributed by atoms with E-state index in [0.717, 1.165) is 32.4 Å². The van der Waals surface area contributed by atoms with Gasteiger partial charge in [-0.2, -0.15) is 0 Å². The van der Waals surface area contributed by atoms with Crippen LogP contribution in [0.3, 0.4) is 0 Å². The van der Waals surface area contributed by atoms with Crippen LogP contribution in [0.1, 0.15) is 25.7 Å². The van der Waals surface area contributed by atoms with Gasteiger partial charge in [-0.1, -0.05) is 11.6 Å². The predicted molar refractivity (Wildman–Crippen MR) is 81.6 cm³/mol. The lowest BCUT2D eigenvalue weighted by atomic mass is 9.98. The lowest BCUT2D eigenvalue weighted by Gasteiger charge is -2.37. The van der Waals surface area contributed by atoms with E-state index in [1.165, 1.54) is 12.5 Å². The van der Waals surface area contributed by atoms with E-state index in [1.807, 2.05) is 7.05 Å². The zero-order chi connectivity index (χ0) is 14.5. The number of benzene rings is 1. The van der Waals surface area contributed by atoms with Crippen LogP contribution < -0.4 is 10.2 Å². The summed E-state index contributed by atoms with van der Waals surface area (Å²) in [5.41, 5.74) is 0.800. The van der Waals surface area contributed by atoms with E-state index in [4.69, 9.17) is 11.6 Å². The summed E-state index contributed by atoms with van der Waals surface area (Å²) in [6.45, 7) is 1.77. The Morgan fingerprint density at radius 3 is 3.00 bits per heavy atom. The lowest BCUT2D eigenvalue weighted by molar-refractivity contribution is -0.384. The Morgan fingerprint density at radius 2 is 2.30 bits per heavy atom. The van der Waals surface area contributed by atoms with E-state index in [-0.39, 0.29) is 10.6 Å². The highest BCUT2D eigenvalue weighted by Crippen LogP contribution is 2.35. The van der Waals surface area contributed by atoms with Gasteiger partial charge in [0.25, 0.3) is 5.69 Å². The Labute approximate surface area is 124 Å². The summed E-state index contributed by atoms with van der Waals surface area (Å²) in [6, 6.07) is 5.14. The summed E-state index contributed by atoms with van der Waals surface area (Å²) in [4.78, 5) is 13.1. The van der Waals surface area contributed by atoms with Gasteiger partial charge in [-0.25, -0.2) is 0 Å². The molecule has 0 aromatic heterocycles. The molecule has 0 bridgehead atoms. The number of hydrogen-bond donors (Lipinski definition) is 1. The fourth-order valence-corrected chi connectivity index (χ4v) is 2.98. The highest BCUT2D eigenvalue weighted by molar-refractivity contribution is 6.31. The van der Waals surface area contributed by atoms with Crippen molar-refractivity contribution in [3.8, 4) is 0 Å². The molecule has 0 spiro atoms. The highest BCUT2D eigenvalue weighted by atomic mass is 35.5. The van der Waals surface area contributed by atoms with Crippen molar-refractivity contribution >= 4 is 23.0 Å². The molecule has 1 unspecified atom stereocenters. The van der Waals surface area contributed by atoms with Crippen LogP contribution >= 0.6 is 11.6 Å². The lowest BCUT2D eigenvalue weighted by Crippen LogP contribution is -2.41. The van der Waals surface area contributed by atoms with Crippen molar-refractivity contribution in [1.29, 1.82) is 0 Å². The maximum atomic E-state index is 11.2.